The quantitative estimate of drug-likeness (QED) is 0.413. The minimum absolute atomic E-state index is 0.285. The van der Waals surface area contributed by atoms with E-state index in [1.807, 2.05) is 6.92 Å². The van der Waals surface area contributed by atoms with E-state index in [9.17, 15) is 9.90 Å². The number of hydrogen-bond donors (Lipinski definition) is 1. The molecule has 4 nitrogen and oxygen atoms in total. The van der Waals surface area contributed by atoms with Crippen molar-refractivity contribution >= 4 is 5.97 Å². The van der Waals surface area contributed by atoms with E-state index < -0.39 is 11.9 Å². The third-order valence-corrected chi connectivity index (χ3v) is 4.68. The number of ether oxygens (including phenoxy) is 2. The van der Waals surface area contributed by atoms with Crippen LogP contribution < -0.4 is 0 Å². The summed E-state index contributed by atoms with van der Waals surface area (Å²) in [6.07, 6.45) is 3.20. The van der Waals surface area contributed by atoms with Crippen LogP contribution in [-0.2, 0) is 14.3 Å². The van der Waals surface area contributed by atoms with Gasteiger partial charge in [0, 0.05) is 18.4 Å². The summed E-state index contributed by atoms with van der Waals surface area (Å²) in [7, 11) is 0. The molecule has 0 radical (unpaired) electrons. The second-order valence-corrected chi connectivity index (χ2v) is 6.14. The summed E-state index contributed by atoms with van der Waals surface area (Å²) in [6.45, 7) is 7.77. The lowest BCUT2D eigenvalue weighted by molar-refractivity contribution is -0.288. The second kappa shape index (κ2) is 4.18. The number of allylic oxidation sites excluding steroid dienone is 1. The predicted octanol–water partition coefficient (Wildman–Crippen LogP) is 1.94. The molecule has 2 heterocycles. The summed E-state index contributed by atoms with van der Waals surface area (Å²) in [5, 5.41) is 10.3. The standard InChI is InChI=1S/C15H20O4/c1-8-4-5-11-9(2)6-15(18-13(11)12(8)16)7-10(3)14(17)19-15/h4,9,11-13,16H,3,5-7H2,1-2H3/t9-,11+,12+,13+,15+/m0/s1. The topological polar surface area (TPSA) is 55.8 Å². The molecule has 1 N–H and O–H groups in total. The first-order valence-corrected chi connectivity index (χ1v) is 6.85. The number of rotatable bonds is 0. The fourth-order valence-electron chi connectivity index (χ4n) is 3.57. The van der Waals surface area contributed by atoms with Crippen molar-refractivity contribution in [3.05, 3.63) is 23.8 Å². The van der Waals surface area contributed by atoms with Crippen molar-refractivity contribution < 1.29 is 19.4 Å². The van der Waals surface area contributed by atoms with E-state index in [4.69, 9.17) is 9.47 Å². The Balaban J connectivity index is 1.88. The highest BCUT2D eigenvalue weighted by molar-refractivity contribution is 5.90. The number of hydrogen-bond acceptors (Lipinski definition) is 4. The summed E-state index contributed by atoms with van der Waals surface area (Å²) in [6, 6.07) is 0. The highest BCUT2D eigenvalue weighted by Crippen LogP contribution is 2.48. The third-order valence-electron chi connectivity index (χ3n) is 4.68. The van der Waals surface area contributed by atoms with E-state index in [0.717, 1.165) is 12.0 Å². The predicted molar refractivity (Wildman–Crippen MR) is 69.1 cm³/mol. The molecule has 0 saturated carbocycles. The number of aliphatic hydroxyl groups is 1. The molecule has 3 aliphatic rings. The van der Waals surface area contributed by atoms with Gasteiger partial charge in [-0.3, -0.25) is 0 Å². The van der Waals surface area contributed by atoms with Crippen LogP contribution >= 0.6 is 0 Å². The maximum Gasteiger partial charge on any atom is 0.336 e. The zero-order valence-corrected chi connectivity index (χ0v) is 11.4. The fraction of sp³-hybridized carbons (Fsp3) is 0.667. The molecular weight excluding hydrogens is 244 g/mol. The van der Waals surface area contributed by atoms with Crippen molar-refractivity contribution in [2.45, 2.75) is 51.1 Å². The first-order chi connectivity index (χ1) is 8.92. The highest BCUT2D eigenvalue weighted by Gasteiger charge is 2.54. The third kappa shape index (κ3) is 1.94. The maximum atomic E-state index is 11.6. The van der Waals surface area contributed by atoms with Crippen LogP contribution in [0, 0.1) is 11.8 Å². The van der Waals surface area contributed by atoms with Gasteiger partial charge in [-0.1, -0.05) is 19.6 Å². The van der Waals surface area contributed by atoms with Gasteiger partial charge in [0.15, 0.2) is 0 Å². The van der Waals surface area contributed by atoms with Gasteiger partial charge in [-0.15, -0.1) is 0 Å². The Morgan fingerprint density at radius 2 is 2.26 bits per heavy atom. The Hall–Kier alpha value is -1.13. The van der Waals surface area contributed by atoms with E-state index in [2.05, 4.69) is 19.6 Å². The van der Waals surface area contributed by atoms with E-state index in [1.54, 1.807) is 0 Å². The van der Waals surface area contributed by atoms with Gasteiger partial charge < -0.3 is 14.6 Å². The largest absolute Gasteiger partial charge is 0.429 e. The minimum atomic E-state index is -0.895. The molecule has 0 aromatic rings. The molecule has 19 heavy (non-hydrogen) atoms. The van der Waals surface area contributed by atoms with Crippen LogP contribution in [-0.4, -0.2) is 29.1 Å². The lowest BCUT2D eigenvalue weighted by atomic mass is 9.73. The molecule has 2 aliphatic heterocycles. The van der Waals surface area contributed by atoms with Crippen LogP contribution in [0.1, 0.15) is 33.1 Å². The zero-order chi connectivity index (χ0) is 13.8. The molecule has 5 atom stereocenters. The first-order valence-electron chi connectivity index (χ1n) is 6.85. The summed E-state index contributed by atoms with van der Waals surface area (Å²) in [4.78, 5) is 11.6. The molecular formula is C15H20O4. The van der Waals surface area contributed by atoms with Crippen molar-refractivity contribution in [2.75, 3.05) is 0 Å². The fourth-order valence-corrected chi connectivity index (χ4v) is 3.57. The van der Waals surface area contributed by atoms with Crippen molar-refractivity contribution in [3.63, 3.8) is 0 Å². The van der Waals surface area contributed by atoms with Crippen molar-refractivity contribution in [1.29, 1.82) is 0 Å². The average molecular weight is 264 g/mol. The SMILES string of the molecule is C=C1C[C@@]2(C[C@H](C)[C@H]3CC=C(C)[C@@H](O)[C@@H]3O2)OC1=O. The van der Waals surface area contributed by atoms with Gasteiger partial charge >= 0.3 is 5.97 Å². The second-order valence-electron chi connectivity index (χ2n) is 6.14. The van der Waals surface area contributed by atoms with Gasteiger partial charge in [0.2, 0.25) is 5.79 Å². The molecule has 0 aromatic heterocycles. The number of fused-ring (bicyclic) bond motifs is 1. The Bertz CT molecular complexity index is 449. The Morgan fingerprint density at radius 3 is 2.89 bits per heavy atom. The Morgan fingerprint density at radius 1 is 1.53 bits per heavy atom. The molecule has 0 unspecified atom stereocenters. The van der Waals surface area contributed by atoms with Crippen LogP contribution in [0.4, 0.5) is 0 Å². The van der Waals surface area contributed by atoms with Crippen molar-refractivity contribution in [3.8, 4) is 0 Å². The van der Waals surface area contributed by atoms with Crippen molar-refractivity contribution in [1.82, 2.24) is 0 Å². The van der Waals surface area contributed by atoms with E-state index in [-0.39, 0.29) is 18.0 Å². The maximum absolute atomic E-state index is 11.6. The summed E-state index contributed by atoms with van der Waals surface area (Å²) >= 11 is 0. The minimum Gasteiger partial charge on any atom is -0.429 e. The van der Waals surface area contributed by atoms with E-state index >= 15 is 0 Å². The van der Waals surface area contributed by atoms with Crippen molar-refractivity contribution in [2.24, 2.45) is 11.8 Å². The molecule has 2 fully saturated rings. The molecule has 4 heteroatoms. The van der Waals surface area contributed by atoms with Crippen LogP contribution in [0.3, 0.4) is 0 Å². The molecule has 3 rings (SSSR count). The van der Waals surface area contributed by atoms with Gasteiger partial charge in [0.1, 0.15) is 6.10 Å². The number of carbonyl (C=O) groups is 1. The van der Waals surface area contributed by atoms with Crippen LogP contribution in [0.25, 0.3) is 0 Å². The van der Waals surface area contributed by atoms with Crippen LogP contribution in [0.5, 0.6) is 0 Å². The number of esters is 1. The highest BCUT2D eigenvalue weighted by atomic mass is 16.7. The first kappa shape index (κ1) is 12.9. The zero-order valence-electron chi connectivity index (χ0n) is 11.4. The molecule has 0 bridgehead atoms. The molecule has 0 amide bonds. The lowest BCUT2D eigenvalue weighted by Crippen LogP contribution is -2.54. The summed E-state index contributed by atoms with van der Waals surface area (Å²) < 4.78 is 11.5. The van der Waals surface area contributed by atoms with E-state index in [0.29, 0.717) is 24.3 Å². The van der Waals surface area contributed by atoms with Crippen LogP contribution in [0.2, 0.25) is 0 Å². The molecule has 104 valence electrons. The molecule has 0 aromatic carbocycles. The average Bonchev–Trinajstić information content (AvgIpc) is 2.59. The Labute approximate surface area is 113 Å². The van der Waals surface area contributed by atoms with Gasteiger partial charge in [0.05, 0.1) is 6.10 Å². The number of aliphatic hydroxyl groups excluding tert-OH is 1. The Kier molecular flexibility index (Phi) is 2.84. The number of carbonyl (C=O) groups excluding carboxylic acids is 1. The summed E-state index contributed by atoms with van der Waals surface area (Å²) in [5.74, 6) is -0.635. The van der Waals surface area contributed by atoms with Gasteiger partial charge in [-0.05, 0) is 30.8 Å². The lowest BCUT2D eigenvalue weighted by Gasteiger charge is -2.48. The smallest absolute Gasteiger partial charge is 0.336 e. The van der Waals surface area contributed by atoms with Crippen LogP contribution in [0.15, 0.2) is 23.8 Å². The normalized spacial score (nSPS) is 45.9. The molecule has 2 saturated heterocycles. The van der Waals surface area contributed by atoms with Gasteiger partial charge in [-0.2, -0.15) is 0 Å². The van der Waals surface area contributed by atoms with E-state index in [1.165, 1.54) is 0 Å². The molecule has 1 spiro atoms. The van der Waals surface area contributed by atoms with Gasteiger partial charge in [0.25, 0.3) is 0 Å². The molecule has 1 aliphatic carbocycles. The summed E-state index contributed by atoms with van der Waals surface area (Å²) in [5.41, 5.74) is 1.40. The monoisotopic (exact) mass is 264 g/mol. The van der Waals surface area contributed by atoms with Gasteiger partial charge in [-0.25, -0.2) is 4.79 Å².